The minimum atomic E-state index is -5.08. The van der Waals surface area contributed by atoms with Crippen LogP contribution in [0.1, 0.15) is 23.2 Å². The standard InChI is InChI=1S/C24H27N3O.C2HF3O2/c1-28-19-9-10-22-21(16-19)20-11-13-25-24(23(20)26-22)12-15-27(17-24)14-5-8-18-6-3-2-4-7-18;3-2(4,5)1(6)7/h2-10,16,25-26H,11-15,17H2,1H3;(H,6,7)/b8-5+;. The number of alkyl halides is 3. The maximum atomic E-state index is 10.6. The molecule has 35 heavy (non-hydrogen) atoms. The lowest BCUT2D eigenvalue weighted by atomic mass is 9.86. The Morgan fingerprint density at radius 3 is 2.66 bits per heavy atom. The van der Waals surface area contributed by atoms with Crippen LogP contribution in [0.2, 0.25) is 0 Å². The van der Waals surface area contributed by atoms with Gasteiger partial charge in [-0.2, -0.15) is 13.2 Å². The Balaban J connectivity index is 0.000000364. The molecule has 3 N–H and O–H groups in total. The van der Waals surface area contributed by atoms with E-state index in [1.165, 1.54) is 27.7 Å². The Bertz CT molecular complexity index is 1210. The fraction of sp³-hybridized carbons (Fsp3) is 0.346. The Labute approximate surface area is 201 Å². The highest BCUT2D eigenvalue weighted by Crippen LogP contribution is 2.40. The van der Waals surface area contributed by atoms with E-state index in [0.717, 1.165) is 44.8 Å². The summed E-state index contributed by atoms with van der Waals surface area (Å²) in [5.74, 6) is -1.83. The number of likely N-dealkylation sites (tertiary alicyclic amines) is 1. The number of carboxylic acids is 1. The minimum absolute atomic E-state index is 0.0421. The number of benzene rings is 2. The van der Waals surface area contributed by atoms with Crippen LogP contribution < -0.4 is 10.1 Å². The number of hydrogen-bond donors (Lipinski definition) is 3. The van der Waals surface area contributed by atoms with Gasteiger partial charge in [0.1, 0.15) is 5.75 Å². The molecule has 9 heteroatoms. The molecular weight excluding hydrogens is 459 g/mol. The van der Waals surface area contributed by atoms with Crippen LogP contribution >= 0.6 is 0 Å². The fourth-order valence-electron chi connectivity index (χ4n) is 4.83. The van der Waals surface area contributed by atoms with Crippen LogP contribution in [0.4, 0.5) is 13.2 Å². The van der Waals surface area contributed by atoms with Gasteiger partial charge in [0.05, 0.1) is 12.6 Å². The molecule has 0 radical (unpaired) electrons. The molecule has 0 saturated carbocycles. The molecule has 3 aromatic rings. The van der Waals surface area contributed by atoms with Crippen LogP contribution in [-0.2, 0) is 16.8 Å². The summed E-state index contributed by atoms with van der Waals surface area (Å²) in [6, 6.07) is 16.9. The summed E-state index contributed by atoms with van der Waals surface area (Å²) in [5, 5.41) is 12.3. The number of carbonyl (C=O) groups is 1. The summed E-state index contributed by atoms with van der Waals surface area (Å²) in [6.45, 7) is 4.18. The van der Waals surface area contributed by atoms with Crippen molar-refractivity contribution in [2.24, 2.45) is 0 Å². The van der Waals surface area contributed by atoms with Crippen LogP contribution in [0.25, 0.3) is 17.0 Å². The van der Waals surface area contributed by atoms with Gasteiger partial charge < -0.3 is 20.1 Å². The molecule has 0 bridgehead atoms. The van der Waals surface area contributed by atoms with Gasteiger partial charge >= 0.3 is 12.1 Å². The average molecular weight is 488 g/mol. The van der Waals surface area contributed by atoms with E-state index in [9.17, 15) is 13.2 Å². The second-order valence-electron chi connectivity index (χ2n) is 8.75. The van der Waals surface area contributed by atoms with E-state index in [1.54, 1.807) is 7.11 Å². The van der Waals surface area contributed by atoms with E-state index < -0.39 is 12.1 Å². The van der Waals surface area contributed by atoms with Crippen molar-refractivity contribution in [1.29, 1.82) is 0 Å². The number of methoxy groups -OCH3 is 1. The summed E-state index contributed by atoms with van der Waals surface area (Å²) in [4.78, 5) is 15.2. The molecule has 0 amide bonds. The van der Waals surface area contributed by atoms with Crippen LogP contribution in [0.3, 0.4) is 0 Å². The predicted molar refractivity (Wildman–Crippen MR) is 128 cm³/mol. The molecule has 2 aromatic carbocycles. The SMILES string of the molecule is COc1ccc2[nH]c3c(c2c1)CCNC31CCN(C/C=C/c2ccccc2)C1.O=C(O)C(F)(F)F. The Hall–Kier alpha value is -3.30. The van der Waals surface area contributed by atoms with Crippen LogP contribution in [0, 0.1) is 0 Å². The van der Waals surface area contributed by atoms with Gasteiger partial charge in [0.25, 0.3) is 0 Å². The fourth-order valence-corrected chi connectivity index (χ4v) is 4.83. The average Bonchev–Trinajstić information content (AvgIpc) is 3.42. The lowest BCUT2D eigenvalue weighted by molar-refractivity contribution is -0.192. The molecule has 1 spiro atoms. The van der Waals surface area contributed by atoms with Gasteiger partial charge in [-0.3, -0.25) is 4.90 Å². The second-order valence-corrected chi connectivity index (χ2v) is 8.75. The largest absolute Gasteiger partial charge is 0.497 e. The summed E-state index contributed by atoms with van der Waals surface area (Å²) in [5.41, 5.74) is 5.38. The third-order valence-electron chi connectivity index (χ3n) is 6.49. The molecule has 3 heterocycles. The predicted octanol–water partition coefficient (Wildman–Crippen LogP) is 4.57. The summed E-state index contributed by atoms with van der Waals surface area (Å²) in [7, 11) is 1.74. The van der Waals surface area contributed by atoms with Crippen molar-refractivity contribution in [3.05, 3.63) is 71.4 Å². The number of aromatic nitrogens is 1. The zero-order chi connectivity index (χ0) is 25.1. The second kappa shape index (κ2) is 10.1. The molecule has 0 aliphatic carbocycles. The van der Waals surface area contributed by atoms with Crippen molar-refractivity contribution < 1.29 is 27.8 Å². The highest BCUT2D eigenvalue weighted by Gasteiger charge is 2.43. The highest BCUT2D eigenvalue weighted by molar-refractivity contribution is 5.87. The molecule has 1 aromatic heterocycles. The van der Waals surface area contributed by atoms with Gasteiger partial charge in [0.15, 0.2) is 0 Å². The number of H-pyrrole nitrogens is 1. The third-order valence-corrected chi connectivity index (χ3v) is 6.49. The summed E-state index contributed by atoms with van der Waals surface area (Å²) >= 11 is 0. The van der Waals surface area contributed by atoms with Crippen molar-refractivity contribution in [2.45, 2.75) is 24.6 Å². The Kier molecular flexibility index (Phi) is 7.18. The summed E-state index contributed by atoms with van der Waals surface area (Å²) in [6.07, 6.45) is 1.63. The number of fused-ring (bicyclic) bond motifs is 4. The number of hydrogen-bond acceptors (Lipinski definition) is 4. The van der Waals surface area contributed by atoms with Crippen LogP contribution in [-0.4, -0.2) is 60.4 Å². The smallest absolute Gasteiger partial charge is 0.490 e. The topological polar surface area (TPSA) is 77.6 Å². The quantitative estimate of drug-likeness (QED) is 0.503. The van der Waals surface area contributed by atoms with E-state index >= 15 is 0 Å². The normalized spacial score (nSPS) is 20.1. The third kappa shape index (κ3) is 5.52. The first-order chi connectivity index (χ1) is 16.7. The summed E-state index contributed by atoms with van der Waals surface area (Å²) < 4.78 is 37.2. The number of halogens is 3. The molecule has 1 atom stereocenters. The number of nitrogens with zero attached hydrogens (tertiary/aromatic N) is 1. The number of ether oxygens (including phenoxy) is 1. The monoisotopic (exact) mass is 487 g/mol. The van der Waals surface area contributed by atoms with Crippen molar-refractivity contribution >= 4 is 22.9 Å². The Morgan fingerprint density at radius 1 is 1.23 bits per heavy atom. The van der Waals surface area contributed by atoms with E-state index in [0.29, 0.717) is 0 Å². The van der Waals surface area contributed by atoms with Gasteiger partial charge in [-0.1, -0.05) is 42.5 Å². The van der Waals surface area contributed by atoms with E-state index in [1.807, 2.05) is 6.07 Å². The first-order valence-corrected chi connectivity index (χ1v) is 11.4. The number of rotatable bonds is 4. The van der Waals surface area contributed by atoms with Gasteiger partial charge in [-0.05, 0) is 42.2 Å². The van der Waals surface area contributed by atoms with Crippen molar-refractivity contribution in [1.82, 2.24) is 15.2 Å². The van der Waals surface area contributed by atoms with Crippen LogP contribution in [0.5, 0.6) is 5.75 Å². The zero-order valence-electron chi connectivity index (χ0n) is 19.4. The zero-order valence-corrected chi connectivity index (χ0v) is 19.4. The van der Waals surface area contributed by atoms with E-state index in [-0.39, 0.29) is 5.54 Å². The molecule has 186 valence electrons. The number of carboxylic acid groups (broad SMARTS) is 1. The van der Waals surface area contributed by atoms with Gasteiger partial charge in [-0.15, -0.1) is 0 Å². The molecule has 5 rings (SSSR count). The molecule has 2 aliphatic heterocycles. The van der Waals surface area contributed by atoms with E-state index in [2.05, 4.69) is 69.8 Å². The highest BCUT2D eigenvalue weighted by atomic mass is 19.4. The van der Waals surface area contributed by atoms with Crippen molar-refractivity contribution in [3.8, 4) is 5.75 Å². The maximum Gasteiger partial charge on any atom is 0.490 e. The Morgan fingerprint density at radius 2 is 1.97 bits per heavy atom. The maximum absolute atomic E-state index is 10.6. The molecule has 6 nitrogen and oxygen atoms in total. The molecule has 1 unspecified atom stereocenters. The van der Waals surface area contributed by atoms with Crippen molar-refractivity contribution in [2.75, 3.05) is 33.3 Å². The molecule has 2 aliphatic rings. The van der Waals surface area contributed by atoms with E-state index in [4.69, 9.17) is 14.6 Å². The first-order valence-electron chi connectivity index (χ1n) is 11.4. The minimum Gasteiger partial charge on any atom is -0.497 e. The lowest BCUT2D eigenvalue weighted by Gasteiger charge is -2.35. The molecule has 1 saturated heterocycles. The van der Waals surface area contributed by atoms with Gasteiger partial charge in [-0.25, -0.2) is 4.79 Å². The molecule has 1 fully saturated rings. The number of aromatic amines is 1. The number of aliphatic carboxylic acids is 1. The van der Waals surface area contributed by atoms with Crippen molar-refractivity contribution in [3.63, 3.8) is 0 Å². The molecular formula is C26H28F3N3O3. The van der Waals surface area contributed by atoms with Gasteiger partial charge in [0.2, 0.25) is 0 Å². The lowest BCUT2D eigenvalue weighted by Crippen LogP contribution is -2.49. The number of nitrogens with one attached hydrogen (secondary N) is 2. The van der Waals surface area contributed by atoms with Gasteiger partial charge in [0, 0.05) is 42.8 Å². The first kappa shape index (κ1) is 24.8. The van der Waals surface area contributed by atoms with Crippen LogP contribution in [0.15, 0.2) is 54.6 Å².